The van der Waals surface area contributed by atoms with Crippen molar-refractivity contribution in [3.8, 4) is 28.7 Å². The first-order chi connectivity index (χ1) is 24.9. The highest BCUT2D eigenvalue weighted by molar-refractivity contribution is 6.30. The SMILES string of the molecule is COc1cc2c(Oc3ccc(NC(=O)c4nc5ccccc5n(-c5ccc(Cl)cc5)c4=O)cc3F)ccnc2cc1OCCCN1CCOCC1. The Morgan fingerprint density at radius 2 is 1.75 bits per heavy atom. The Balaban J connectivity index is 1.08. The van der Waals surface area contributed by atoms with Gasteiger partial charge in [0, 0.05) is 59.7 Å². The minimum absolute atomic E-state index is 0.0863. The van der Waals surface area contributed by atoms with Crippen molar-refractivity contribution in [1.29, 1.82) is 0 Å². The van der Waals surface area contributed by atoms with Gasteiger partial charge in [-0.3, -0.25) is 24.0 Å². The molecule has 1 aliphatic rings. The lowest BCUT2D eigenvalue weighted by molar-refractivity contribution is 0.0357. The minimum Gasteiger partial charge on any atom is -0.493 e. The van der Waals surface area contributed by atoms with Crippen LogP contribution in [0.4, 0.5) is 10.1 Å². The molecule has 0 saturated carbocycles. The predicted molar refractivity (Wildman–Crippen MR) is 192 cm³/mol. The van der Waals surface area contributed by atoms with Crippen molar-refractivity contribution in [3.05, 3.63) is 118 Å². The Kier molecular flexibility index (Phi) is 10.1. The van der Waals surface area contributed by atoms with Crippen LogP contribution < -0.4 is 25.1 Å². The van der Waals surface area contributed by atoms with E-state index in [0.29, 0.717) is 56.5 Å². The van der Waals surface area contributed by atoms with E-state index < -0.39 is 17.3 Å². The number of nitrogens with zero attached hydrogens (tertiary/aromatic N) is 4. The molecular formula is C38H33ClFN5O6. The molecule has 0 spiro atoms. The monoisotopic (exact) mass is 709 g/mol. The minimum atomic E-state index is -0.798. The third-order valence-electron chi connectivity index (χ3n) is 8.44. The van der Waals surface area contributed by atoms with Gasteiger partial charge in [-0.1, -0.05) is 23.7 Å². The molecule has 1 saturated heterocycles. The van der Waals surface area contributed by atoms with Gasteiger partial charge >= 0.3 is 0 Å². The van der Waals surface area contributed by atoms with Crippen molar-refractivity contribution >= 4 is 45.1 Å². The number of aromatic nitrogens is 3. The first-order valence-electron chi connectivity index (χ1n) is 16.3. The first kappa shape index (κ1) is 33.9. The Labute approximate surface area is 297 Å². The molecule has 3 heterocycles. The molecule has 0 aliphatic carbocycles. The van der Waals surface area contributed by atoms with Gasteiger partial charge in [-0.05, 0) is 67.1 Å². The van der Waals surface area contributed by atoms with Crippen LogP contribution in [0.1, 0.15) is 16.9 Å². The van der Waals surface area contributed by atoms with Gasteiger partial charge in [-0.15, -0.1) is 0 Å². The van der Waals surface area contributed by atoms with Crippen LogP contribution in [0, 0.1) is 5.82 Å². The highest BCUT2D eigenvalue weighted by atomic mass is 35.5. The number of para-hydroxylation sites is 2. The Morgan fingerprint density at radius 3 is 2.53 bits per heavy atom. The normalized spacial score (nSPS) is 13.3. The molecule has 0 radical (unpaired) electrons. The van der Waals surface area contributed by atoms with Gasteiger partial charge in [0.25, 0.3) is 11.5 Å². The van der Waals surface area contributed by atoms with E-state index in [2.05, 4.69) is 20.2 Å². The molecule has 0 bridgehead atoms. The molecule has 4 aromatic carbocycles. The Bertz CT molecular complexity index is 2280. The zero-order valence-electron chi connectivity index (χ0n) is 27.6. The van der Waals surface area contributed by atoms with Gasteiger partial charge in [0.05, 0.1) is 43.5 Å². The summed E-state index contributed by atoms with van der Waals surface area (Å²) in [4.78, 5) is 38.1. The van der Waals surface area contributed by atoms with Gasteiger partial charge in [0.15, 0.2) is 28.8 Å². The standard InChI is InChI=1S/C38H33ClFN5O6/c1-48-34-22-27-30(23-35(34)50-18-4-15-44-16-19-49-20-17-44)41-14-13-32(27)51-33-12-9-25(21-28(33)40)42-37(46)36-38(47)45(26-10-7-24(39)8-11-26)31-6-3-2-5-29(31)43-36/h2-3,5-14,21-23H,4,15-20H2,1H3,(H,42,46). The smallest absolute Gasteiger partial charge is 0.287 e. The van der Waals surface area contributed by atoms with Crippen LogP contribution in [0.15, 0.2) is 95.9 Å². The predicted octanol–water partition coefficient (Wildman–Crippen LogP) is 6.88. The second kappa shape index (κ2) is 15.1. The fraction of sp³-hybridized carbons (Fsp3) is 0.211. The van der Waals surface area contributed by atoms with E-state index in [1.54, 1.807) is 80.0 Å². The van der Waals surface area contributed by atoms with Crippen molar-refractivity contribution < 1.29 is 28.1 Å². The number of ether oxygens (including phenoxy) is 4. The third kappa shape index (κ3) is 7.48. The average Bonchev–Trinajstić information content (AvgIpc) is 3.15. The van der Waals surface area contributed by atoms with E-state index in [9.17, 15) is 9.59 Å². The van der Waals surface area contributed by atoms with Crippen molar-refractivity contribution in [2.24, 2.45) is 0 Å². The second-order valence-electron chi connectivity index (χ2n) is 11.8. The van der Waals surface area contributed by atoms with Gasteiger partial charge in [-0.2, -0.15) is 0 Å². The number of morpholine rings is 1. The zero-order valence-corrected chi connectivity index (χ0v) is 28.4. The lowest BCUT2D eigenvalue weighted by Crippen LogP contribution is -2.37. The van der Waals surface area contributed by atoms with Crippen LogP contribution in [0.5, 0.6) is 23.0 Å². The summed E-state index contributed by atoms with van der Waals surface area (Å²) in [6.45, 7) is 4.74. The number of fused-ring (bicyclic) bond motifs is 2. The highest BCUT2D eigenvalue weighted by Gasteiger charge is 2.20. The number of pyridine rings is 1. The Hall–Kier alpha value is -5.56. The molecule has 1 fully saturated rings. The summed E-state index contributed by atoms with van der Waals surface area (Å²) >= 11 is 6.06. The van der Waals surface area contributed by atoms with E-state index in [1.165, 1.54) is 16.7 Å². The van der Waals surface area contributed by atoms with Crippen LogP contribution in [-0.4, -0.2) is 71.9 Å². The number of amides is 1. The van der Waals surface area contributed by atoms with Gasteiger partial charge in [0.1, 0.15) is 5.75 Å². The number of nitrogens with one attached hydrogen (secondary N) is 1. The average molecular weight is 710 g/mol. The molecule has 1 aliphatic heterocycles. The summed E-state index contributed by atoms with van der Waals surface area (Å²) in [6.07, 6.45) is 2.40. The quantitative estimate of drug-likeness (QED) is 0.144. The molecule has 2 aromatic heterocycles. The summed E-state index contributed by atoms with van der Waals surface area (Å²) in [6, 6.07) is 22.7. The van der Waals surface area contributed by atoms with E-state index in [4.69, 9.17) is 30.5 Å². The summed E-state index contributed by atoms with van der Waals surface area (Å²) in [5.74, 6) is -0.248. The fourth-order valence-corrected chi connectivity index (χ4v) is 6.01. The highest BCUT2D eigenvalue weighted by Crippen LogP contribution is 2.38. The van der Waals surface area contributed by atoms with Gasteiger partial charge < -0.3 is 24.3 Å². The van der Waals surface area contributed by atoms with Crippen molar-refractivity contribution in [1.82, 2.24) is 19.4 Å². The van der Waals surface area contributed by atoms with Crippen LogP contribution in [0.2, 0.25) is 5.02 Å². The lowest BCUT2D eigenvalue weighted by atomic mass is 10.1. The second-order valence-corrected chi connectivity index (χ2v) is 12.2. The van der Waals surface area contributed by atoms with Gasteiger partial charge in [0.2, 0.25) is 0 Å². The van der Waals surface area contributed by atoms with Crippen molar-refractivity contribution in [2.45, 2.75) is 6.42 Å². The van der Waals surface area contributed by atoms with Crippen LogP contribution in [0.3, 0.4) is 0 Å². The topological polar surface area (TPSA) is 117 Å². The molecule has 0 atom stereocenters. The number of hydrogen-bond acceptors (Lipinski definition) is 9. The maximum atomic E-state index is 15.5. The van der Waals surface area contributed by atoms with E-state index >= 15 is 4.39 Å². The molecule has 7 rings (SSSR count). The number of halogens is 2. The largest absolute Gasteiger partial charge is 0.493 e. The van der Waals surface area contributed by atoms with E-state index in [1.807, 2.05) is 0 Å². The molecule has 11 nitrogen and oxygen atoms in total. The van der Waals surface area contributed by atoms with Crippen molar-refractivity contribution in [2.75, 3.05) is 51.9 Å². The summed E-state index contributed by atoms with van der Waals surface area (Å²) in [5.41, 5.74) is 1.13. The molecule has 1 N–H and O–H groups in total. The number of methoxy groups -OCH3 is 1. The molecule has 13 heteroatoms. The number of rotatable bonds is 11. The molecule has 260 valence electrons. The molecule has 0 unspecified atom stereocenters. The molecular weight excluding hydrogens is 677 g/mol. The molecule has 6 aromatic rings. The van der Waals surface area contributed by atoms with Crippen LogP contribution in [0.25, 0.3) is 27.6 Å². The summed E-state index contributed by atoms with van der Waals surface area (Å²) in [5, 5.41) is 3.68. The van der Waals surface area contributed by atoms with E-state index in [0.717, 1.165) is 45.3 Å². The number of hydrogen-bond donors (Lipinski definition) is 1. The van der Waals surface area contributed by atoms with Crippen LogP contribution in [-0.2, 0) is 4.74 Å². The van der Waals surface area contributed by atoms with Crippen LogP contribution >= 0.6 is 11.6 Å². The Morgan fingerprint density at radius 1 is 0.941 bits per heavy atom. The van der Waals surface area contributed by atoms with Crippen molar-refractivity contribution in [3.63, 3.8) is 0 Å². The first-order valence-corrected chi connectivity index (χ1v) is 16.7. The number of anilines is 1. The number of carbonyl (C=O) groups is 1. The maximum absolute atomic E-state index is 15.5. The fourth-order valence-electron chi connectivity index (χ4n) is 5.88. The summed E-state index contributed by atoms with van der Waals surface area (Å²) in [7, 11) is 1.55. The maximum Gasteiger partial charge on any atom is 0.287 e. The third-order valence-corrected chi connectivity index (χ3v) is 8.69. The number of benzene rings is 4. The zero-order chi connectivity index (χ0) is 35.3. The lowest BCUT2D eigenvalue weighted by Gasteiger charge is -2.26. The summed E-state index contributed by atoms with van der Waals surface area (Å²) < 4.78 is 39.9. The molecule has 1 amide bonds. The van der Waals surface area contributed by atoms with Gasteiger partial charge in [-0.25, -0.2) is 9.37 Å². The van der Waals surface area contributed by atoms with E-state index in [-0.39, 0.29) is 17.1 Å². The number of carbonyl (C=O) groups excluding carboxylic acids is 1. The molecule has 51 heavy (non-hydrogen) atoms.